The van der Waals surface area contributed by atoms with E-state index in [0.29, 0.717) is 54.4 Å². The predicted octanol–water partition coefficient (Wildman–Crippen LogP) is 4.08. The third-order valence-corrected chi connectivity index (χ3v) is 7.05. The summed E-state index contributed by atoms with van der Waals surface area (Å²) in [5.74, 6) is 0.958. The minimum atomic E-state index is -0.0892. The molecule has 1 aliphatic carbocycles. The number of morpholine rings is 1. The van der Waals surface area contributed by atoms with Crippen LogP contribution in [0.1, 0.15) is 43.9 Å². The van der Waals surface area contributed by atoms with Gasteiger partial charge in [0.05, 0.1) is 23.8 Å². The van der Waals surface area contributed by atoms with Crippen LogP contribution in [0.4, 0.5) is 0 Å². The monoisotopic (exact) mass is 443 g/mol. The summed E-state index contributed by atoms with van der Waals surface area (Å²) < 4.78 is 12.6. The lowest BCUT2D eigenvalue weighted by atomic mass is 9.83. The van der Waals surface area contributed by atoms with Crippen molar-refractivity contribution in [1.82, 2.24) is 14.6 Å². The summed E-state index contributed by atoms with van der Waals surface area (Å²) in [5, 5.41) is 5.93. The SMILES string of the molecule is Cc1onc2c1c(=O)n(C1CCCC(CC(=O)N3CCOCC3)C1)c1cccc(Cl)c21. The zero-order valence-electron chi connectivity index (χ0n) is 17.6. The van der Waals surface area contributed by atoms with Crippen LogP contribution >= 0.6 is 11.6 Å². The lowest BCUT2D eigenvalue weighted by molar-refractivity contribution is -0.136. The van der Waals surface area contributed by atoms with Crippen molar-refractivity contribution >= 4 is 39.3 Å². The molecular formula is C23H26ClN3O4. The highest BCUT2D eigenvalue weighted by atomic mass is 35.5. The molecule has 3 heterocycles. The smallest absolute Gasteiger partial charge is 0.264 e. The number of aromatic nitrogens is 2. The van der Waals surface area contributed by atoms with E-state index in [1.807, 2.05) is 27.7 Å². The Morgan fingerprint density at radius 1 is 1.23 bits per heavy atom. The first-order valence-electron chi connectivity index (χ1n) is 11.0. The zero-order valence-corrected chi connectivity index (χ0v) is 18.4. The van der Waals surface area contributed by atoms with Gasteiger partial charge in [0.25, 0.3) is 5.56 Å². The summed E-state index contributed by atoms with van der Waals surface area (Å²) in [6.45, 7) is 4.31. The third-order valence-electron chi connectivity index (χ3n) is 6.73. The molecule has 2 aliphatic rings. The molecule has 2 aromatic heterocycles. The van der Waals surface area contributed by atoms with Crippen molar-refractivity contribution in [2.45, 2.75) is 45.1 Å². The maximum absolute atomic E-state index is 13.5. The molecule has 2 fully saturated rings. The number of benzene rings is 1. The number of hydrogen-bond acceptors (Lipinski definition) is 5. The first-order valence-corrected chi connectivity index (χ1v) is 11.4. The van der Waals surface area contributed by atoms with Gasteiger partial charge in [-0.1, -0.05) is 29.2 Å². The molecule has 164 valence electrons. The van der Waals surface area contributed by atoms with Gasteiger partial charge in [-0.05, 0) is 44.2 Å². The van der Waals surface area contributed by atoms with E-state index in [-0.39, 0.29) is 23.4 Å². The number of amides is 1. The molecule has 0 bridgehead atoms. The van der Waals surface area contributed by atoms with Crippen LogP contribution < -0.4 is 5.56 Å². The Labute approximate surface area is 184 Å². The molecule has 0 radical (unpaired) electrons. The van der Waals surface area contributed by atoms with Gasteiger partial charge in [0.15, 0.2) is 0 Å². The lowest BCUT2D eigenvalue weighted by Crippen LogP contribution is -2.41. The van der Waals surface area contributed by atoms with Crippen molar-refractivity contribution in [3.63, 3.8) is 0 Å². The van der Waals surface area contributed by atoms with E-state index >= 15 is 0 Å². The van der Waals surface area contributed by atoms with E-state index in [9.17, 15) is 9.59 Å². The van der Waals surface area contributed by atoms with Gasteiger partial charge < -0.3 is 18.7 Å². The van der Waals surface area contributed by atoms with Crippen LogP contribution in [0.25, 0.3) is 21.8 Å². The van der Waals surface area contributed by atoms with Crippen LogP contribution in [0.3, 0.4) is 0 Å². The van der Waals surface area contributed by atoms with Gasteiger partial charge in [0, 0.05) is 30.9 Å². The number of carbonyl (C=O) groups is 1. The predicted molar refractivity (Wildman–Crippen MR) is 119 cm³/mol. The van der Waals surface area contributed by atoms with E-state index in [4.69, 9.17) is 20.9 Å². The van der Waals surface area contributed by atoms with Gasteiger partial charge in [0.2, 0.25) is 5.91 Å². The number of halogens is 1. The summed E-state index contributed by atoms with van der Waals surface area (Å²) in [6.07, 6.45) is 4.22. The zero-order chi connectivity index (χ0) is 21.5. The summed E-state index contributed by atoms with van der Waals surface area (Å²) in [6, 6.07) is 5.62. The fraction of sp³-hybridized carbons (Fsp3) is 0.522. The minimum Gasteiger partial charge on any atom is -0.378 e. The number of fused-ring (bicyclic) bond motifs is 3. The minimum absolute atomic E-state index is 0.0170. The normalized spacial score (nSPS) is 22.3. The van der Waals surface area contributed by atoms with Gasteiger partial charge in [-0.15, -0.1) is 0 Å². The van der Waals surface area contributed by atoms with E-state index in [0.717, 1.165) is 36.6 Å². The van der Waals surface area contributed by atoms with Crippen LogP contribution in [0, 0.1) is 12.8 Å². The fourth-order valence-corrected chi connectivity index (χ4v) is 5.47. The second-order valence-electron chi connectivity index (χ2n) is 8.66. The third kappa shape index (κ3) is 3.64. The maximum atomic E-state index is 13.5. The van der Waals surface area contributed by atoms with Gasteiger partial charge in [-0.25, -0.2) is 0 Å². The van der Waals surface area contributed by atoms with Crippen LogP contribution in [-0.2, 0) is 9.53 Å². The number of pyridine rings is 1. The average Bonchev–Trinajstić information content (AvgIpc) is 3.16. The van der Waals surface area contributed by atoms with Crippen molar-refractivity contribution in [1.29, 1.82) is 0 Å². The highest BCUT2D eigenvalue weighted by molar-refractivity contribution is 6.37. The van der Waals surface area contributed by atoms with E-state index < -0.39 is 0 Å². The highest BCUT2D eigenvalue weighted by Gasteiger charge is 2.30. The van der Waals surface area contributed by atoms with Crippen molar-refractivity contribution in [2.24, 2.45) is 5.92 Å². The number of nitrogens with zero attached hydrogens (tertiary/aromatic N) is 3. The number of aryl methyl sites for hydroxylation is 1. The van der Waals surface area contributed by atoms with E-state index in [2.05, 4.69) is 5.16 Å². The van der Waals surface area contributed by atoms with Crippen molar-refractivity contribution in [2.75, 3.05) is 26.3 Å². The van der Waals surface area contributed by atoms with Gasteiger partial charge in [-0.2, -0.15) is 0 Å². The van der Waals surface area contributed by atoms with Gasteiger partial charge >= 0.3 is 0 Å². The van der Waals surface area contributed by atoms with Crippen molar-refractivity contribution < 1.29 is 14.1 Å². The molecule has 2 unspecified atom stereocenters. The van der Waals surface area contributed by atoms with Crippen molar-refractivity contribution in [3.05, 3.63) is 39.3 Å². The number of hydrogen-bond donors (Lipinski definition) is 0. The summed E-state index contributed by atoms with van der Waals surface area (Å²) in [7, 11) is 0. The van der Waals surface area contributed by atoms with E-state index in [1.165, 1.54) is 0 Å². The maximum Gasteiger partial charge on any atom is 0.264 e. The molecule has 1 amide bonds. The molecule has 2 atom stereocenters. The van der Waals surface area contributed by atoms with Crippen LogP contribution in [-0.4, -0.2) is 46.8 Å². The Bertz CT molecular complexity index is 1190. The number of rotatable bonds is 3. The molecule has 1 aromatic carbocycles. The molecule has 8 heteroatoms. The number of ether oxygens (including phenoxy) is 1. The molecule has 1 aliphatic heterocycles. The number of carbonyl (C=O) groups excluding carboxylic acids is 1. The Kier molecular flexibility index (Phi) is 5.48. The first-order chi connectivity index (χ1) is 15.0. The van der Waals surface area contributed by atoms with Crippen LogP contribution in [0.15, 0.2) is 27.5 Å². The van der Waals surface area contributed by atoms with Crippen LogP contribution in [0.2, 0.25) is 5.02 Å². The van der Waals surface area contributed by atoms with Crippen molar-refractivity contribution in [3.8, 4) is 0 Å². The quantitative estimate of drug-likeness (QED) is 0.609. The molecule has 0 spiro atoms. The Balaban J connectivity index is 1.50. The van der Waals surface area contributed by atoms with E-state index in [1.54, 1.807) is 6.92 Å². The molecule has 31 heavy (non-hydrogen) atoms. The molecule has 7 nitrogen and oxygen atoms in total. The topological polar surface area (TPSA) is 77.6 Å². The Morgan fingerprint density at radius 3 is 2.84 bits per heavy atom. The van der Waals surface area contributed by atoms with Gasteiger partial charge in [-0.3, -0.25) is 9.59 Å². The summed E-state index contributed by atoms with van der Waals surface area (Å²) in [4.78, 5) is 28.2. The second-order valence-corrected chi connectivity index (χ2v) is 9.06. The summed E-state index contributed by atoms with van der Waals surface area (Å²) in [5.41, 5.74) is 1.21. The standard InChI is InChI=1S/C23H26ClN3O4/c1-14-20-22(25-31-14)21-17(24)6-3-7-18(21)27(23(20)29)16-5-2-4-15(12-16)13-19(28)26-8-10-30-11-9-26/h3,6-7,15-16H,2,4-5,8-13H2,1H3. The molecule has 1 saturated carbocycles. The second kappa shape index (κ2) is 8.28. The molecular weight excluding hydrogens is 418 g/mol. The molecule has 1 saturated heterocycles. The first kappa shape index (κ1) is 20.5. The Morgan fingerprint density at radius 2 is 2.03 bits per heavy atom. The average molecular weight is 444 g/mol. The largest absolute Gasteiger partial charge is 0.378 e. The molecule has 0 N–H and O–H groups in total. The van der Waals surface area contributed by atoms with Crippen LogP contribution in [0.5, 0.6) is 0 Å². The summed E-state index contributed by atoms with van der Waals surface area (Å²) >= 11 is 6.53. The highest BCUT2D eigenvalue weighted by Crippen LogP contribution is 2.38. The Hall–Kier alpha value is -2.38. The lowest BCUT2D eigenvalue weighted by Gasteiger charge is -2.33. The fourth-order valence-electron chi connectivity index (χ4n) is 5.21. The molecule has 5 rings (SSSR count). The van der Waals surface area contributed by atoms with Gasteiger partial charge in [0.1, 0.15) is 16.7 Å². The molecule has 3 aromatic rings.